The van der Waals surface area contributed by atoms with Gasteiger partial charge in [-0.15, -0.1) is 0 Å². The molecule has 0 aromatic heterocycles. The minimum Gasteiger partial charge on any atom is -0.0654 e. The highest BCUT2D eigenvalue weighted by Gasteiger charge is 2.42. The van der Waals surface area contributed by atoms with E-state index in [1.807, 2.05) is 0 Å². The lowest BCUT2D eigenvalue weighted by molar-refractivity contribution is 0.00348. The molecule has 1 atom stereocenters. The molecule has 0 aliphatic heterocycles. The average Bonchev–Trinajstić information content (AvgIpc) is 2.18. The van der Waals surface area contributed by atoms with Crippen molar-refractivity contribution in [3.8, 4) is 0 Å². The third-order valence-corrected chi connectivity index (χ3v) is 5.04. The van der Waals surface area contributed by atoms with Crippen LogP contribution in [0.4, 0.5) is 0 Å². The van der Waals surface area contributed by atoms with Gasteiger partial charge in [0.05, 0.1) is 0 Å². The van der Waals surface area contributed by atoms with Crippen LogP contribution in [-0.2, 0) is 0 Å². The normalized spacial score (nSPS) is 16.8. The van der Waals surface area contributed by atoms with E-state index in [9.17, 15) is 0 Å². The van der Waals surface area contributed by atoms with Gasteiger partial charge < -0.3 is 0 Å². The Labute approximate surface area is 97.8 Å². The van der Waals surface area contributed by atoms with Crippen LogP contribution >= 0.6 is 0 Å². The minimum atomic E-state index is 0.479. The molecule has 0 aromatic rings. The fourth-order valence-corrected chi connectivity index (χ4v) is 3.42. The average molecular weight is 212 g/mol. The van der Waals surface area contributed by atoms with Crippen LogP contribution in [0.2, 0.25) is 0 Å². The minimum absolute atomic E-state index is 0.479. The maximum Gasteiger partial charge on any atom is -0.0249 e. The zero-order valence-electron chi connectivity index (χ0n) is 12.1. The van der Waals surface area contributed by atoms with Crippen LogP contribution in [0.15, 0.2) is 0 Å². The van der Waals surface area contributed by atoms with Gasteiger partial charge >= 0.3 is 0 Å². The Kier molecular flexibility index (Phi) is 5.92. The zero-order valence-corrected chi connectivity index (χ0v) is 12.1. The lowest BCUT2D eigenvalue weighted by Crippen LogP contribution is -2.40. The number of hydrogen-bond acceptors (Lipinski definition) is 0. The van der Waals surface area contributed by atoms with Crippen molar-refractivity contribution in [2.24, 2.45) is 16.7 Å². The van der Waals surface area contributed by atoms with E-state index >= 15 is 0 Å². The molecule has 0 radical (unpaired) electrons. The SMILES string of the molecule is CCCC(C)(C)C(C)(CC)C(CC)CC. The predicted molar refractivity (Wildman–Crippen MR) is 71.2 cm³/mol. The van der Waals surface area contributed by atoms with Crippen molar-refractivity contribution in [1.29, 1.82) is 0 Å². The quantitative estimate of drug-likeness (QED) is 0.510. The largest absolute Gasteiger partial charge is 0.0654 e. The Bertz CT molecular complexity index is 165. The van der Waals surface area contributed by atoms with E-state index in [4.69, 9.17) is 0 Å². The highest BCUT2D eigenvalue weighted by molar-refractivity contribution is 4.92. The van der Waals surface area contributed by atoms with E-state index < -0.39 is 0 Å². The first-order valence-corrected chi connectivity index (χ1v) is 6.89. The summed E-state index contributed by atoms with van der Waals surface area (Å²) in [5, 5.41) is 0. The van der Waals surface area contributed by atoms with Crippen molar-refractivity contribution in [2.45, 2.75) is 80.6 Å². The van der Waals surface area contributed by atoms with Crippen LogP contribution in [0, 0.1) is 16.7 Å². The molecule has 0 saturated heterocycles. The fraction of sp³-hybridized carbons (Fsp3) is 1.00. The maximum atomic E-state index is 2.51. The molecule has 0 saturated carbocycles. The topological polar surface area (TPSA) is 0 Å². The predicted octanol–water partition coefficient (Wildman–Crippen LogP) is 5.67. The third kappa shape index (κ3) is 2.98. The van der Waals surface area contributed by atoms with Crippen LogP contribution in [0.25, 0.3) is 0 Å². The van der Waals surface area contributed by atoms with Gasteiger partial charge in [0.1, 0.15) is 0 Å². The highest BCUT2D eigenvalue weighted by atomic mass is 14.5. The molecule has 0 heterocycles. The van der Waals surface area contributed by atoms with Gasteiger partial charge in [0.15, 0.2) is 0 Å². The van der Waals surface area contributed by atoms with Crippen LogP contribution in [-0.4, -0.2) is 0 Å². The second-order valence-electron chi connectivity index (χ2n) is 5.92. The van der Waals surface area contributed by atoms with Gasteiger partial charge in [-0.25, -0.2) is 0 Å². The van der Waals surface area contributed by atoms with Gasteiger partial charge in [-0.3, -0.25) is 0 Å². The van der Waals surface area contributed by atoms with Crippen LogP contribution in [0.5, 0.6) is 0 Å². The summed E-state index contributed by atoms with van der Waals surface area (Å²) in [5.74, 6) is 0.879. The van der Waals surface area contributed by atoms with E-state index in [1.54, 1.807) is 0 Å². The Hall–Kier alpha value is 0. The molecule has 0 spiro atoms. The van der Waals surface area contributed by atoms with Gasteiger partial charge in [-0.05, 0) is 29.6 Å². The first-order valence-electron chi connectivity index (χ1n) is 6.89. The molecule has 0 aliphatic carbocycles. The second-order valence-corrected chi connectivity index (χ2v) is 5.92. The van der Waals surface area contributed by atoms with Crippen LogP contribution in [0.1, 0.15) is 80.6 Å². The van der Waals surface area contributed by atoms with Crippen molar-refractivity contribution in [2.75, 3.05) is 0 Å². The van der Waals surface area contributed by atoms with Crippen LogP contribution < -0.4 is 0 Å². The van der Waals surface area contributed by atoms with Gasteiger partial charge in [0, 0.05) is 0 Å². The van der Waals surface area contributed by atoms with Crippen molar-refractivity contribution >= 4 is 0 Å². The van der Waals surface area contributed by atoms with E-state index in [1.165, 1.54) is 32.1 Å². The summed E-state index contributed by atoms with van der Waals surface area (Å²) in [4.78, 5) is 0. The van der Waals surface area contributed by atoms with E-state index in [0.29, 0.717) is 10.8 Å². The summed E-state index contributed by atoms with van der Waals surface area (Å²) < 4.78 is 0. The fourth-order valence-electron chi connectivity index (χ4n) is 3.42. The molecule has 92 valence electrons. The number of hydrogen-bond donors (Lipinski definition) is 0. The van der Waals surface area contributed by atoms with E-state index in [2.05, 4.69) is 48.5 Å². The van der Waals surface area contributed by atoms with E-state index in [-0.39, 0.29) is 0 Å². The standard InChI is InChI=1S/C15H32/c1-8-12-14(5,6)15(7,11-4)13(9-2)10-3/h13H,8-12H2,1-7H3. The summed E-state index contributed by atoms with van der Waals surface area (Å²) in [6.07, 6.45) is 6.63. The van der Waals surface area contributed by atoms with Crippen molar-refractivity contribution in [3.05, 3.63) is 0 Å². The van der Waals surface area contributed by atoms with Crippen molar-refractivity contribution < 1.29 is 0 Å². The Morgan fingerprint density at radius 1 is 0.867 bits per heavy atom. The molecular weight excluding hydrogens is 180 g/mol. The molecule has 0 fully saturated rings. The number of rotatable bonds is 7. The molecule has 0 N–H and O–H groups in total. The molecule has 0 heteroatoms. The zero-order chi connectivity index (χ0) is 12.1. The molecular formula is C15H32. The summed E-state index contributed by atoms with van der Waals surface area (Å²) in [5.41, 5.74) is 0.986. The highest BCUT2D eigenvalue weighted by Crippen LogP contribution is 2.52. The summed E-state index contributed by atoms with van der Waals surface area (Å²) in [6.45, 7) is 16.8. The second kappa shape index (κ2) is 5.92. The molecule has 0 rings (SSSR count). The monoisotopic (exact) mass is 212 g/mol. The van der Waals surface area contributed by atoms with Gasteiger partial charge in [0.2, 0.25) is 0 Å². The van der Waals surface area contributed by atoms with Gasteiger partial charge in [-0.1, -0.05) is 67.7 Å². The Morgan fingerprint density at radius 3 is 1.60 bits per heavy atom. The first-order chi connectivity index (χ1) is 6.89. The van der Waals surface area contributed by atoms with E-state index in [0.717, 1.165) is 5.92 Å². The Balaban J connectivity index is 4.95. The molecule has 0 bridgehead atoms. The first kappa shape index (κ1) is 15.0. The summed E-state index contributed by atoms with van der Waals surface area (Å²) in [6, 6.07) is 0. The smallest absolute Gasteiger partial charge is 0.0249 e. The molecule has 0 aliphatic rings. The molecule has 0 nitrogen and oxygen atoms in total. The van der Waals surface area contributed by atoms with Crippen molar-refractivity contribution in [1.82, 2.24) is 0 Å². The van der Waals surface area contributed by atoms with Gasteiger partial charge in [-0.2, -0.15) is 0 Å². The van der Waals surface area contributed by atoms with Gasteiger partial charge in [0.25, 0.3) is 0 Å². The maximum absolute atomic E-state index is 2.51. The molecule has 0 aromatic carbocycles. The third-order valence-electron chi connectivity index (χ3n) is 5.04. The lowest BCUT2D eigenvalue weighted by Gasteiger charge is -2.49. The molecule has 1 unspecified atom stereocenters. The lowest BCUT2D eigenvalue weighted by atomic mass is 9.56. The molecule has 0 amide bonds. The Morgan fingerprint density at radius 2 is 1.33 bits per heavy atom. The summed E-state index contributed by atoms with van der Waals surface area (Å²) in [7, 11) is 0. The summed E-state index contributed by atoms with van der Waals surface area (Å²) >= 11 is 0. The molecule has 15 heavy (non-hydrogen) atoms. The van der Waals surface area contributed by atoms with Crippen LogP contribution in [0.3, 0.4) is 0 Å². The van der Waals surface area contributed by atoms with Crippen molar-refractivity contribution in [3.63, 3.8) is 0 Å².